The van der Waals surface area contributed by atoms with Crippen molar-refractivity contribution in [2.75, 3.05) is 5.73 Å². The molecule has 1 aromatic carbocycles. The molecule has 0 atom stereocenters. The Morgan fingerprint density at radius 1 is 1.31 bits per heavy atom. The van der Waals surface area contributed by atoms with Gasteiger partial charge in [-0.1, -0.05) is 12.1 Å². The molecule has 0 radical (unpaired) electrons. The summed E-state index contributed by atoms with van der Waals surface area (Å²) in [6.45, 7) is 0.836. The summed E-state index contributed by atoms with van der Waals surface area (Å²) in [6, 6.07) is 8.09. The Balaban J connectivity index is 2.10. The molecule has 0 saturated heterocycles. The second-order valence-electron chi connectivity index (χ2n) is 3.70. The van der Waals surface area contributed by atoms with Gasteiger partial charge in [0.05, 0.1) is 23.3 Å². The third kappa shape index (κ3) is 1.47. The van der Waals surface area contributed by atoms with E-state index < -0.39 is 0 Å². The number of nitrogen functional groups attached to an aromatic ring is 1. The van der Waals surface area contributed by atoms with Gasteiger partial charge in [-0.3, -0.25) is 4.98 Å². The molecule has 4 heteroatoms. The molecule has 2 N–H and O–H groups in total. The van der Waals surface area contributed by atoms with Gasteiger partial charge in [-0.2, -0.15) is 0 Å². The first-order valence-corrected chi connectivity index (χ1v) is 5.93. The zero-order valence-electron chi connectivity index (χ0n) is 8.63. The highest BCUT2D eigenvalue weighted by Crippen LogP contribution is 2.23. The number of hydrogen-bond acceptors (Lipinski definition) is 3. The maximum Gasteiger partial charge on any atom is 0.0794 e. The van der Waals surface area contributed by atoms with E-state index in [1.165, 1.54) is 10.3 Å². The highest BCUT2D eigenvalue weighted by Gasteiger charge is 2.05. The van der Waals surface area contributed by atoms with E-state index >= 15 is 0 Å². The molecule has 0 amide bonds. The van der Waals surface area contributed by atoms with Crippen LogP contribution >= 0.6 is 11.3 Å². The third-order valence-electron chi connectivity index (χ3n) is 2.63. The minimum Gasteiger partial charge on any atom is -0.397 e. The number of anilines is 1. The van der Waals surface area contributed by atoms with Gasteiger partial charge in [-0.05, 0) is 12.1 Å². The van der Waals surface area contributed by atoms with Gasteiger partial charge < -0.3 is 10.3 Å². The number of hydrogen-bond donors (Lipinski definition) is 1. The maximum absolute atomic E-state index is 6.00. The summed E-state index contributed by atoms with van der Waals surface area (Å²) >= 11 is 1.66. The minimum atomic E-state index is 0.826. The lowest BCUT2D eigenvalue weighted by Crippen LogP contribution is -1.98. The Morgan fingerprint density at radius 2 is 2.25 bits per heavy atom. The number of thiazole rings is 1. The van der Waals surface area contributed by atoms with Gasteiger partial charge in [0.15, 0.2) is 0 Å². The minimum absolute atomic E-state index is 0.826. The van der Waals surface area contributed by atoms with Gasteiger partial charge in [-0.15, -0.1) is 11.3 Å². The quantitative estimate of drug-likeness (QED) is 0.687. The van der Waals surface area contributed by atoms with E-state index in [9.17, 15) is 0 Å². The van der Waals surface area contributed by atoms with Crippen molar-refractivity contribution in [3.05, 3.63) is 47.0 Å². The van der Waals surface area contributed by atoms with Crippen molar-refractivity contribution in [1.29, 1.82) is 0 Å². The summed E-state index contributed by atoms with van der Waals surface area (Å²) in [5.41, 5.74) is 9.78. The average Bonchev–Trinajstić information content (AvgIpc) is 2.90. The zero-order chi connectivity index (χ0) is 11.0. The predicted octanol–water partition coefficient (Wildman–Crippen LogP) is 2.73. The van der Waals surface area contributed by atoms with Gasteiger partial charge >= 0.3 is 0 Å². The Kier molecular flexibility index (Phi) is 2.15. The molecule has 0 saturated carbocycles. The van der Waals surface area contributed by atoms with Crippen molar-refractivity contribution in [3.8, 4) is 0 Å². The summed E-state index contributed by atoms with van der Waals surface area (Å²) < 4.78 is 2.16. The largest absolute Gasteiger partial charge is 0.397 e. The van der Waals surface area contributed by atoms with E-state index in [1.807, 2.05) is 23.8 Å². The highest BCUT2D eigenvalue weighted by atomic mass is 32.1. The fourth-order valence-corrected chi connectivity index (χ4v) is 2.50. The molecule has 0 aliphatic heterocycles. The van der Waals surface area contributed by atoms with E-state index in [2.05, 4.69) is 27.9 Å². The molecular formula is C12H11N3S. The fourth-order valence-electron chi connectivity index (χ4n) is 1.91. The lowest BCUT2D eigenvalue weighted by molar-refractivity contribution is 0.850. The molecule has 3 rings (SSSR count). The molecule has 0 aliphatic carbocycles. The summed E-state index contributed by atoms with van der Waals surface area (Å²) in [5.74, 6) is 0. The van der Waals surface area contributed by atoms with E-state index in [1.54, 1.807) is 11.3 Å². The molecule has 16 heavy (non-hydrogen) atoms. The van der Waals surface area contributed by atoms with Crippen LogP contribution in [0.1, 0.15) is 4.88 Å². The highest BCUT2D eigenvalue weighted by molar-refractivity contribution is 7.09. The van der Waals surface area contributed by atoms with Crippen LogP contribution in [0.15, 0.2) is 42.2 Å². The molecule has 3 aromatic rings. The molecule has 0 bridgehead atoms. The van der Waals surface area contributed by atoms with Crippen LogP contribution in [0, 0.1) is 0 Å². The lowest BCUT2D eigenvalue weighted by Gasteiger charge is -2.05. The average molecular weight is 229 g/mol. The first kappa shape index (κ1) is 9.42. The van der Waals surface area contributed by atoms with Crippen LogP contribution in [-0.4, -0.2) is 9.55 Å². The summed E-state index contributed by atoms with van der Waals surface area (Å²) in [5, 5.41) is 1.18. The molecule has 0 fully saturated rings. The number of nitrogens with two attached hydrogens (primary N) is 1. The molecule has 2 heterocycles. The maximum atomic E-state index is 6.00. The van der Waals surface area contributed by atoms with Crippen molar-refractivity contribution >= 4 is 27.9 Å². The van der Waals surface area contributed by atoms with Crippen LogP contribution in [0.3, 0.4) is 0 Å². The number of benzene rings is 1. The Labute approximate surface area is 97.2 Å². The number of fused-ring (bicyclic) bond motifs is 1. The molecule has 0 spiro atoms. The van der Waals surface area contributed by atoms with Crippen LogP contribution < -0.4 is 5.73 Å². The molecule has 3 nitrogen and oxygen atoms in total. The second-order valence-corrected chi connectivity index (χ2v) is 4.67. The monoisotopic (exact) mass is 229 g/mol. The van der Waals surface area contributed by atoms with E-state index in [-0.39, 0.29) is 0 Å². The second kappa shape index (κ2) is 3.64. The van der Waals surface area contributed by atoms with Crippen molar-refractivity contribution < 1.29 is 0 Å². The number of aromatic nitrogens is 2. The van der Waals surface area contributed by atoms with Crippen molar-refractivity contribution in [3.63, 3.8) is 0 Å². The number of rotatable bonds is 2. The van der Waals surface area contributed by atoms with Crippen LogP contribution in [0.2, 0.25) is 0 Å². The molecule has 0 aliphatic rings. The van der Waals surface area contributed by atoms with Gasteiger partial charge in [-0.25, -0.2) is 0 Å². The van der Waals surface area contributed by atoms with E-state index in [0.717, 1.165) is 17.7 Å². The van der Waals surface area contributed by atoms with Crippen molar-refractivity contribution in [2.45, 2.75) is 6.54 Å². The van der Waals surface area contributed by atoms with Crippen LogP contribution in [0.4, 0.5) is 5.69 Å². The standard InChI is InChI=1S/C12H11N3S/c13-11-3-1-2-9-4-5-15(12(9)11)7-10-6-14-8-16-10/h1-6,8H,7,13H2. The van der Waals surface area contributed by atoms with Crippen LogP contribution in [0.5, 0.6) is 0 Å². The SMILES string of the molecule is Nc1cccc2ccn(Cc3cncs3)c12. The van der Waals surface area contributed by atoms with Crippen molar-refractivity contribution in [1.82, 2.24) is 9.55 Å². The Hall–Kier alpha value is -1.81. The molecule has 2 aromatic heterocycles. The number of nitrogens with zero attached hydrogens (tertiary/aromatic N) is 2. The summed E-state index contributed by atoms with van der Waals surface area (Å²) in [7, 11) is 0. The Bertz CT molecular complexity index is 610. The summed E-state index contributed by atoms with van der Waals surface area (Å²) in [4.78, 5) is 5.32. The van der Waals surface area contributed by atoms with Gasteiger partial charge in [0.25, 0.3) is 0 Å². The first-order chi connectivity index (χ1) is 7.84. The van der Waals surface area contributed by atoms with Crippen LogP contribution in [-0.2, 0) is 6.54 Å². The van der Waals surface area contributed by atoms with E-state index in [0.29, 0.717) is 0 Å². The number of para-hydroxylation sites is 1. The molecule has 80 valence electrons. The summed E-state index contributed by atoms with van der Waals surface area (Å²) in [6.07, 6.45) is 3.97. The normalized spacial score (nSPS) is 11.0. The predicted molar refractivity (Wildman–Crippen MR) is 67.6 cm³/mol. The first-order valence-electron chi connectivity index (χ1n) is 5.05. The topological polar surface area (TPSA) is 43.8 Å². The molecule has 0 unspecified atom stereocenters. The van der Waals surface area contributed by atoms with Gasteiger partial charge in [0.2, 0.25) is 0 Å². The molecular weight excluding hydrogens is 218 g/mol. The van der Waals surface area contributed by atoms with Gasteiger partial charge in [0.1, 0.15) is 0 Å². The fraction of sp³-hybridized carbons (Fsp3) is 0.0833. The van der Waals surface area contributed by atoms with Crippen LogP contribution in [0.25, 0.3) is 10.9 Å². The third-order valence-corrected chi connectivity index (χ3v) is 3.39. The van der Waals surface area contributed by atoms with Gasteiger partial charge in [0, 0.05) is 22.7 Å². The zero-order valence-corrected chi connectivity index (χ0v) is 9.45. The lowest BCUT2D eigenvalue weighted by atomic mass is 10.2. The van der Waals surface area contributed by atoms with Crippen molar-refractivity contribution in [2.24, 2.45) is 0 Å². The smallest absolute Gasteiger partial charge is 0.0794 e. The van der Waals surface area contributed by atoms with E-state index in [4.69, 9.17) is 5.73 Å². The Morgan fingerprint density at radius 3 is 3.06 bits per heavy atom.